The van der Waals surface area contributed by atoms with Crippen LogP contribution in [0.1, 0.15) is 0 Å². The lowest BCUT2D eigenvalue weighted by molar-refractivity contribution is 0.460. The lowest BCUT2D eigenvalue weighted by Crippen LogP contribution is -2.11. The summed E-state index contributed by atoms with van der Waals surface area (Å²) < 4.78 is 0. The van der Waals surface area contributed by atoms with Crippen molar-refractivity contribution in [3.63, 3.8) is 0 Å². The molecule has 0 atom stereocenters. The first-order valence-corrected chi connectivity index (χ1v) is 4.99. The van der Waals surface area contributed by atoms with Crippen LogP contribution in [0.5, 0.6) is 0 Å². The minimum Gasteiger partial charge on any atom is -0.399 e. The van der Waals surface area contributed by atoms with Crippen molar-refractivity contribution in [2.45, 2.75) is 0 Å². The molecule has 0 aromatic heterocycles. The summed E-state index contributed by atoms with van der Waals surface area (Å²) in [6, 6.07) is 7.28. The Morgan fingerprint density at radius 3 is 2.69 bits per heavy atom. The quantitative estimate of drug-likeness (QED) is 0.587. The van der Waals surface area contributed by atoms with E-state index in [1.54, 1.807) is 12.1 Å². The standard InChI is InChI=1S/C11H17N5/c1-13-7-8-16(2)9-14-15-11-5-3-10(12)4-6-11/h3-8,13H,9,12H2,1-2H3/b8-7-,15-14?. The van der Waals surface area contributed by atoms with Crippen molar-refractivity contribution in [2.75, 3.05) is 26.5 Å². The van der Waals surface area contributed by atoms with Gasteiger partial charge in [0.15, 0.2) is 0 Å². The molecule has 0 amide bonds. The number of anilines is 1. The highest BCUT2D eigenvalue weighted by Gasteiger charge is 1.89. The van der Waals surface area contributed by atoms with Gasteiger partial charge in [0.1, 0.15) is 6.67 Å². The zero-order valence-corrected chi connectivity index (χ0v) is 9.59. The fourth-order valence-electron chi connectivity index (χ4n) is 1.00. The molecule has 0 saturated heterocycles. The topological polar surface area (TPSA) is 66.0 Å². The fraction of sp³-hybridized carbons (Fsp3) is 0.273. The van der Waals surface area contributed by atoms with Gasteiger partial charge in [-0.1, -0.05) is 0 Å². The van der Waals surface area contributed by atoms with E-state index in [9.17, 15) is 0 Å². The maximum atomic E-state index is 5.56. The summed E-state index contributed by atoms with van der Waals surface area (Å²) in [5.41, 5.74) is 7.10. The summed E-state index contributed by atoms with van der Waals surface area (Å²) >= 11 is 0. The first kappa shape index (κ1) is 12.0. The maximum Gasteiger partial charge on any atom is 0.131 e. The summed E-state index contributed by atoms with van der Waals surface area (Å²) in [6.45, 7) is 0.516. The van der Waals surface area contributed by atoms with Gasteiger partial charge >= 0.3 is 0 Å². The van der Waals surface area contributed by atoms with Crippen LogP contribution in [0.15, 0.2) is 46.9 Å². The smallest absolute Gasteiger partial charge is 0.131 e. The van der Waals surface area contributed by atoms with Gasteiger partial charge in [0.05, 0.1) is 5.69 Å². The molecular weight excluding hydrogens is 202 g/mol. The van der Waals surface area contributed by atoms with Gasteiger partial charge in [-0.05, 0) is 24.3 Å². The summed E-state index contributed by atoms with van der Waals surface area (Å²) in [6.07, 6.45) is 3.72. The third-order valence-corrected chi connectivity index (χ3v) is 1.86. The first-order chi connectivity index (χ1) is 7.72. The van der Waals surface area contributed by atoms with Crippen molar-refractivity contribution < 1.29 is 0 Å². The first-order valence-electron chi connectivity index (χ1n) is 4.99. The molecule has 0 fully saturated rings. The number of benzene rings is 1. The highest BCUT2D eigenvalue weighted by Crippen LogP contribution is 2.14. The van der Waals surface area contributed by atoms with Crippen LogP contribution in [0.3, 0.4) is 0 Å². The Morgan fingerprint density at radius 2 is 2.06 bits per heavy atom. The van der Waals surface area contributed by atoms with Crippen molar-refractivity contribution in [3.05, 3.63) is 36.7 Å². The SMILES string of the molecule is CN/C=C\N(C)CN=Nc1ccc(N)cc1. The molecule has 5 nitrogen and oxygen atoms in total. The second kappa shape index (κ2) is 6.44. The lowest BCUT2D eigenvalue weighted by Gasteiger charge is -2.08. The van der Waals surface area contributed by atoms with E-state index in [4.69, 9.17) is 5.73 Å². The number of nitrogens with zero attached hydrogens (tertiary/aromatic N) is 3. The highest BCUT2D eigenvalue weighted by molar-refractivity contribution is 5.47. The molecule has 3 N–H and O–H groups in total. The largest absolute Gasteiger partial charge is 0.399 e. The molecule has 0 unspecified atom stereocenters. The van der Waals surface area contributed by atoms with Crippen LogP contribution in [0.2, 0.25) is 0 Å². The maximum absolute atomic E-state index is 5.56. The molecule has 0 heterocycles. The number of azo groups is 1. The van der Waals surface area contributed by atoms with Gasteiger partial charge in [-0.2, -0.15) is 10.2 Å². The predicted molar refractivity (Wildman–Crippen MR) is 66.2 cm³/mol. The van der Waals surface area contributed by atoms with Crippen LogP contribution in [-0.2, 0) is 0 Å². The van der Waals surface area contributed by atoms with E-state index in [2.05, 4.69) is 15.5 Å². The molecule has 0 bridgehead atoms. The van der Waals surface area contributed by atoms with Gasteiger partial charge in [0, 0.05) is 32.2 Å². The molecule has 1 rings (SSSR count). The summed E-state index contributed by atoms with van der Waals surface area (Å²) in [4.78, 5) is 1.91. The van der Waals surface area contributed by atoms with Crippen LogP contribution < -0.4 is 11.1 Å². The van der Waals surface area contributed by atoms with Crippen LogP contribution in [0.4, 0.5) is 11.4 Å². The molecule has 5 heteroatoms. The van der Waals surface area contributed by atoms with E-state index in [0.717, 1.165) is 11.4 Å². The third kappa shape index (κ3) is 4.45. The number of hydrogen-bond acceptors (Lipinski definition) is 5. The molecule has 1 aromatic carbocycles. The number of nitrogen functional groups attached to an aromatic ring is 1. The van der Waals surface area contributed by atoms with Gasteiger partial charge < -0.3 is 16.0 Å². The Kier molecular flexibility index (Phi) is 4.85. The van der Waals surface area contributed by atoms with Crippen molar-refractivity contribution in [2.24, 2.45) is 10.2 Å². The van der Waals surface area contributed by atoms with Crippen molar-refractivity contribution in [1.82, 2.24) is 10.2 Å². The summed E-state index contributed by atoms with van der Waals surface area (Å²) in [5, 5.41) is 11.0. The minimum atomic E-state index is 0.516. The second-order valence-electron chi connectivity index (χ2n) is 3.34. The molecule has 0 radical (unpaired) electrons. The van der Waals surface area contributed by atoms with Crippen LogP contribution in [-0.4, -0.2) is 25.7 Å². The highest BCUT2D eigenvalue weighted by atomic mass is 15.2. The molecule has 0 aliphatic heterocycles. The van der Waals surface area contributed by atoms with Crippen LogP contribution in [0, 0.1) is 0 Å². The van der Waals surface area contributed by atoms with E-state index in [0.29, 0.717) is 6.67 Å². The third-order valence-electron chi connectivity index (χ3n) is 1.86. The predicted octanol–water partition coefficient (Wildman–Crippen LogP) is 1.93. The Balaban J connectivity index is 2.42. The summed E-state index contributed by atoms with van der Waals surface area (Å²) in [5.74, 6) is 0. The average molecular weight is 219 g/mol. The lowest BCUT2D eigenvalue weighted by atomic mass is 10.3. The zero-order valence-electron chi connectivity index (χ0n) is 9.59. The monoisotopic (exact) mass is 219 g/mol. The van der Waals surface area contributed by atoms with Gasteiger partial charge in [-0.3, -0.25) is 0 Å². The van der Waals surface area contributed by atoms with Crippen LogP contribution in [0.25, 0.3) is 0 Å². The van der Waals surface area contributed by atoms with E-state index in [-0.39, 0.29) is 0 Å². The molecule has 0 saturated carbocycles. The number of rotatable bonds is 5. The molecule has 16 heavy (non-hydrogen) atoms. The number of nitrogens with two attached hydrogens (primary N) is 1. The summed E-state index contributed by atoms with van der Waals surface area (Å²) in [7, 11) is 3.77. The zero-order chi connectivity index (χ0) is 11.8. The van der Waals surface area contributed by atoms with Gasteiger partial charge in [-0.25, -0.2) is 0 Å². The van der Waals surface area contributed by atoms with Crippen molar-refractivity contribution >= 4 is 11.4 Å². The number of hydrogen-bond donors (Lipinski definition) is 2. The van der Waals surface area contributed by atoms with Gasteiger partial charge in [-0.15, -0.1) is 0 Å². The van der Waals surface area contributed by atoms with Gasteiger partial charge in [0.2, 0.25) is 0 Å². The Hall–Kier alpha value is -2.04. The van der Waals surface area contributed by atoms with Gasteiger partial charge in [0.25, 0.3) is 0 Å². The van der Waals surface area contributed by atoms with Crippen molar-refractivity contribution in [1.29, 1.82) is 0 Å². The van der Waals surface area contributed by atoms with Crippen molar-refractivity contribution in [3.8, 4) is 0 Å². The Labute approximate surface area is 95.7 Å². The number of nitrogens with one attached hydrogen (secondary N) is 1. The molecule has 0 spiro atoms. The fourth-order valence-corrected chi connectivity index (χ4v) is 1.00. The molecule has 86 valence electrons. The van der Waals surface area contributed by atoms with Crippen LogP contribution >= 0.6 is 0 Å². The van der Waals surface area contributed by atoms with E-state index < -0.39 is 0 Å². The molecule has 0 aliphatic carbocycles. The van der Waals surface area contributed by atoms with E-state index >= 15 is 0 Å². The molecule has 0 aliphatic rings. The minimum absolute atomic E-state index is 0.516. The van der Waals surface area contributed by atoms with E-state index in [1.165, 1.54) is 0 Å². The molecular formula is C11H17N5. The normalized spacial score (nSPS) is 11.1. The second-order valence-corrected chi connectivity index (χ2v) is 3.34. The average Bonchev–Trinajstić information content (AvgIpc) is 2.29. The Bertz CT molecular complexity index is 355. The Morgan fingerprint density at radius 1 is 1.38 bits per heavy atom. The molecule has 1 aromatic rings. The van der Waals surface area contributed by atoms with E-state index in [1.807, 2.05) is 43.5 Å².